The normalized spacial score (nSPS) is 13.5. The minimum atomic E-state index is -1.26. The number of hydrogen-bond acceptors (Lipinski definition) is 6. The Hall–Kier alpha value is -1.68. The van der Waals surface area contributed by atoms with Gasteiger partial charge in [-0.25, -0.2) is 9.59 Å². The summed E-state index contributed by atoms with van der Waals surface area (Å²) in [6.07, 6.45) is 1.60. The summed E-state index contributed by atoms with van der Waals surface area (Å²) in [5.41, 5.74) is 0. The van der Waals surface area contributed by atoms with Crippen LogP contribution in [0.25, 0.3) is 0 Å². The van der Waals surface area contributed by atoms with Crippen molar-refractivity contribution in [3.63, 3.8) is 0 Å². The number of carboxylic acid groups (broad SMARTS) is 2. The Labute approximate surface area is 125 Å². The summed E-state index contributed by atoms with van der Waals surface area (Å²) in [7, 11) is 0. The van der Waals surface area contributed by atoms with Crippen LogP contribution in [0.15, 0.2) is 12.2 Å². The minimum absolute atomic E-state index is 0.109. The van der Waals surface area contributed by atoms with Crippen LogP contribution in [-0.2, 0) is 19.2 Å². The Morgan fingerprint density at radius 2 is 1.15 bits per heavy atom. The van der Waals surface area contributed by atoms with Crippen LogP contribution in [0, 0.1) is 0 Å². The zero-order valence-corrected chi connectivity index (χ0v) is 11.9. The van der Waals surface area contributed by atoms with Gasteiger partial charge in [-0.2, -0.15) is 25.3 Å². The molecule has 0 radical (unpaired) electrons. The van der Waals surface area contributed by atoms with Crippen LogP contribution in [0.5, 0.6) is 0 Å². The van der Waals surface area contributed by atoms with E-state index in [2.05, 4.69) is 35.9 Å². The largest absolute Gasteiger partial charge is 0.480 e. The van der Waals surface area contributed by atoms with E-state index >= 15 is 0 Å². The molecule has 0 unspecified atom stereocenters. The van der Waals surface area contributed by atoms with E-state index in [1.165, 1.54) is 0 Å². The fraction of sp³-hybridized carbons (Fsp3) is 0.400. The molecule has 0 bridgehead atoms. The molecule has 2 amide bonds. The molecule has 0 spiro atoms. The quantitative estimate of drug-likeness (QED) is 0.239. The van der Waals surface area contributed by atoms with E-state index in [4.69, 9.17) is 10.2 Å². The second-order valence-electron chi connectivity index (χ2n) is 3.50. The molecule has 0 aromatic carbocycles. The third-order valence-corrected chi connectivity index (χ3v) is 2.71. The van der Waals surface area contributed by atoms with Crippen molar-refractivity contribution in [2.24, 2.45) is 0 Å². The highest BCUT2D eigenvalue weighted by atomic mass is 32.1. The second-order valence-corrected chi connectivity index (χ2v) is 4.23. The maximum Gasteiger partial charge on any atom is 0.327 e. The number of amides is 2. The predicted octanol–water partition coefficient (Wildman–Crippen LogP) is -1.46. The first-order chi connectivity index (χ1) is 9.31. The number of carbonyl (C=O) groups is 4. The molecule has 112 valence electrons. The van der Waals surface area contributed by atoms with Gasteiger partial charge in [0.2, 0.25) is 11.8 Å². The van der Waals surface area contributed by atoms with Crippen molar-refractivity contribution in [3.8, 4) is 0 Å². The summed E-state index contributed by atoms with van der Waals surface area (Å²) in [5.74, 6) is -4.35. The fourth-order valence-corrected chi connectivity index (χ4v) is 1.46. The summed E-state index contributed by atoms with van der Waals surface area (Å²) in [6.45, 7) is 0. The first-order valence-electron chi connectivity index (χ1n) is 5.28. The van der Waals surface area contributed by atoms with Crippen molar-refractivity contribution in [2.45, 2.75) is 12.1 Å². The van der Waals surface area contributed by atoms with E-state index in [0.29, 0.717) is 0 Å². The number of thiol groups is 2. The number of rotatable bonds is 8. The van der Waals surface area contributed by atoms with Crippen LogP contribution in [0.1, 0.15) is 0 Å². The number of aliphatic carboxylic acids is 2. The predicted molar refractivity (Wildman–Crippen MR) is 76.0 cm³/mol. The lowest BCUT2D eigenvalue weighted by Gasteiger charge is -2.10. The number of hydrogen-bond donors (Lipinski definition) is 6. The summed E-state index contributed by atoms with van der Waals surface area (Å²) < 4.78 is 0. The van der Waals surface area contributed by atoms with Crippen molar-refractivity contribution in [1.29, 1.82) is 0 Å². The van der Waals surface area contributed by atoms with Crippen LogP contribution < -0.4 is 10.6 Å². The average Bonchev–Trinajstić information content (AvgIpc) is 2.38. The standard InChI is InChI=1S/C10H14N2O6S2/c13-7(11-5(3-19)9(15)16)1-2-8(14)12-6(4-20)10(17)18/h1-2,5-6,19-20H,3-4H2,(H,11,13)(H,12,14)(H,15,16)(H,17,18)/b2-1-/t5-,6-/m0/s1. The first-order valence-corrected chi connectivity index (χ1v) is 6.54. The molecule has 0 fully saturated rings. The molecule has 0 aliphatic rings. The van der Waals surface area contributed by atoms with Crippen molar-refractivity contribution in [2.75, 3.05) is 11.5 Å². The van der Waals surface area contributed by atoms with Crippen molar-refractivity contribution in [3.05, 3.63) is 12.2 Å². The van der Waals surface area contributed by atoms with Gasteiger partial charge < -0.3 is 20.8 Å². The molecule has 10 heteroatoms. The van der Waals surface area contributed by atoms with Gasteiger partial charge in [-0.1, -0.05) is 0 Å². The van der Waals surface area contributed by atoms with Crippen LogP contribution >= 0.6 is 25.3 Å². The average molecular weight is 322 g/mol. The van der Waals surface area contributed by atoms with E-state index in [1.54, 1.807) is 0 Å². The molecule has 20 heavy (non-hydrogen) atoms. The maximum absolute atomic E-state index is 11.3. The van der Waals surface area contributed by atoms with E-state index in [1.807, 2.05) is 0 Å². The molecule has 0 aromatic heterocycles. The Morgan fingerprint density at radius 3 is 1.35 bits per heavy atom. The highest BCUT2D eigenvalue weighted by molar-refractivity contribution is 7.80. The van der Waals surface area contributed by atoms with Gasteiger partial charge in [0.25, 0.3) is 0 Å². The van der Waals surface area contributed by atoms with Gasteiger partial charge in [0.15, 0.2) is 0 Å². The van der Waals surface area contributed by atoms with Gasteiger partial charge >= 0.3 is 11.9 Å². The molecule has 2 atom stereocenters. The molecule has 4 N–H and O–H groups in total. The lowest BCUT2D eigenvalue weighted by atomic mass is 10.3. The lowest BCUT2D eigenvalue weighted by molar-refractivity contribution is -0.141. The first kappa shape index (κ1) is 18.3. The molecule has 0 rings (SSSR count). The van der Waals surface area contributed by atoms with Gasteiger partial charge in [0, 0.05) is 23.7 Å². The maximum atomic E-state index is 11.3. The lowest BCUT2D eigenvalue weighted by Crippen LogP contribution is -2.42. The Bertz CT molecular complexity index is 388. The van der Waals surface area contributed by atoms with Gasteiger partial charge in [0.1, 0.15) is 12.1 Å². The third kappa shape index (κ3) is 7.04. The van der Waals surface area contributed by atoms with Crippen molar-refractivity contribution >= 4 is 49.0 Å². The molecular weight excluding hydrogens is 308 g/mol. The summed E-state index contributed by atoms with van der Waals surface area (Å²) in [6, 6.07) is -2.36. The highest BCUT2D eigenvalue weighted by Gasteiger charge is 2.18. The van der Waals surface area contributed by atoms with Crippen molar-refractivity contribution in [1.82, 2.24) is 10.6 Å². The van der Waals surface area contributed by atoms with Crippen LogP contribution in [0.3, 0.4) is 0 Å². The van der Waals surface area contributed by atoms with E-state index in [0.717, 1.165) is 12.2 Å². The molecule has 8 nitrogen and oxygen atoms in total. The summed E-state index contributed by atoms with van der Waals surface area (Å²) in [4.78, 5) is 43.9. The zero-order chi connectivity index (χ0) is 15.7. The smallest absolute Gasteiger partial charge is 0.327 e. The molecule has 0 aromatic rings. The number of carbonyl (C=O) groups excluding carboxylic acids is 2. The summed E-state index contributed by atoms with van der Waals surface area (Å²) in [5, 5.41) is 21.5. The van der Waals surface area contributed by atoms with Gasteiger partial charge in [-0.3, -0.25) is 9.59 Å². The third-order valence-electron chi connectivity index (χ3n) is 1.98. The van der Waals surface area contributed by atoms with Gasteiger partial charge in [-0.05, 0) is 0 Å². The van der Waals surface area contributed by atoms with E-state index in [-0.39, 0.29) is 11.5 Å². The molecule has 0 saturated carbocycles. The zero-order valence-electron chi connectivity index (χ0n) is 10.1. The Kier molecular flexibility index (Phi) is 8.48. The topological polar surface area (TPSA) is 133 Å². The second kappa shape index (κ2) is 9.26. The molecular formula is C10H14N2O6S2. The van der Waals surface area contributed by atoms with E-state index in [9.17, 15) is 19.2 Å². The fourth-order valence-electron chi connectivity index (χ4n) is 0.962. The molecule has 0 aliphatic carbocycles. The minimum Gasteiger partial charge on any atom is -0.480 e. The van der Waals surface area contributed by atoms with E-state index < -0.39 is 35.8 Å². The highest BCUT2D eigenvalue weighted by Crippen LogP contribution is 1.91. The SMILES string of the molecule is O=C(/C=C\C(=O)N[C@@H](CS)C(=O)O)N[C@@H](CS)C(=O)O. The number of nitrogens with one attached hydrogen (secondary N) is 2. The van der Waals surface area contributed by atoms with Gasteiger partial charge in [-0.15, -0.1) is 0 Å². The van der Waals surface area contributed by atoms with Crippen LogP contribution in [0.4, 0.5) is 0 Å². The molecule has 0 saturated heterocycles. The monoisotopic (exact) mass is 322 g/mol. The summed E-state index contributed by atoms with van der Waals surface area (Å²) >= 11 is 7.49. The molecule has 0 heterocycles. The van der Waals surface area contributed by atoms with Crippen molar-refractivity contribution < 1.29 is 29.4 Å². The molecule has 0 aliphatic heterocycles. The van der Waals surface area contributed by atoms with Crippen LogP contribution in [-0.4, -0.2) is 57.6 Å². The van der Waals surface area contributed by atoms with Crippen LogP contribution in [0.2, 0.25) is 0 Å². The number of carboxylic acids is 2. The van der Waals surface area contributed by atoms with Gasteiger partial charge in [0.05, 0.1) is 0 Å². The Balaban J connectivity index is 4.41. The Morgan fingerprint density at radius 1 is 0.850 bits per heavy atom.